The minimum Gasteiger partial charge on any atom is -0.353 e. The average molecular weight is 183 g/mol. The Bertz CT molecular complexity index is 157. The molecule has 1 aliphatic rings. The van der Waals surface area contributed by atoms with Crippen molar-refractivity contribution >= 4 is 0 Å². The lowest BCUT2D eigenvalue weighted by molar-refractivity contribution is -0.243. The summed E-state index contributed by atoms with van der Waals surface area (Å²) in [5.41, 5.74) is 0. The van der Waals surface area contributed by atoms with Crippen molar-refractivity contribution in [1.82, 2.24) is 4.90 Å². The zero-order valence-corrected chi connectivity index (χ0v) is 7.06. The van der Waals surface area contributed by atoms with Crippen LogP contribution in [0.25, 0.3) is 0 Å². The highest BCUT2D eigenvalue weighted by atomic mass is 19.4. The Morgan fingerprint density at radius 1 is 1.42 bits per heavy atom. The van der Waals surface area contributed by atoms with Gasteiger partial charge in [0, 0.05) is 12.6 Å². The smallest absolute Gasteiger partial charge is 0.353 e. The van der Waals surface area contributed by atoms with E-state index >= 15 is 0 Å². The summed E-state index contributed by atoms with van der Waals surface area (Å²) >= 11 is 0. The van der Waals surface area contributed by atoms with Crippen LogP contribution in [0.4, 0.5) is 13.2 Å². The van der Waals surface area contributed by atoms with Crippen molar-refractivity contribution in [2.75, 3.05) is 13.2 Å². The third-order valence-electron chi connectivity index (χ3n) is 1.87. The first kappa shape index (κ1) is 9.80. The molecule has 0 saturated carbocycles. The molecule has 0 radical (unpaired) electrons. The number of halogens is 3. The number of alkyl halides is 3. The van der Waals surface area contributed by atoms with Gasteiger partial charge in [-0.25, -0.2) is 0 Å². The van der Waals surface area contributed by atoms with Gasteiger partial charge in [0.1, 0.15) is 0 Å². The van der Waals surface area contributed by atoms with Crippen molar-refractivity contribution in [3.05, 3.63) is 0 Å². The minimum atomic E-state index is -4.26. The molecule has 1 heterocycles. The summed E-state index contributed by atoms with van der Waals surface area (Å²) in [6.45, 7) is 3.99. The largest absolute Gasteiger partial charge is 0.428 e. The Labute approximate surface area is 69.3 Å². The van der Waals surface area contributed by atoms with Gasteiger partial charge in [0.05, 0.1) is 6.61 Å². The van der Waals surface area contributed by atoms with Crippen LogP contribution in [0.15, 0.2) is 0 Å². The molecule has 1 rings (SSSR count). The molecule has 0 bridgehead atoms. The molecule has 0 spiro atoms. The van der Waals surface area contributed by atoms with Gasteiger partial charge in [-0.05, 0) is 13.8 Å². The molecule has 5 heteroatoms. The number of ether oxygens (including phenoxy) is 1. The lowest BCUT2D eigenvalue weighted by atomic mass is 10.3. The van der Waals surface area contributed by atoms with Gasteiger partial charge in [0.2, 0.25) is 6.23 Å². The van der Waals surface area contributed by atoms with Gasteiger partial charge in [-0.3, -0.25) is 4.90 Å². The first-order valence-electron chi connectivity index (χ1n) is 3.87. The van der Waals surface area contributed by atoms with Crippen LogP contribution in [0.3, 0.4) is 0 Å². The molecular weight excluding hydrogens is 171 g/mol. The van der Waals surface area contributed by atoms with E-state index in [0.717, 1.165) is 0 Å². The van der Waals surface area contributed by atoms with Crippen LogP contribution in [0.5, 0.6) is 0 Å². The summed E-state index contributed by atoms with van der Waals surface area (Å²) < 4.78 is 41.2. The van der Waals surface area contributed by atoms with Crippen molar-refractivity contribution in [3.63, 3.8) is 0 Å². The van der Waals surface area contributed by atoms with Gasteiger partial charge in [-0.15, -0.1) is 0 Å². The van der Waals surface area contributed by atoms with E-state index in [2.05, 4.69) is 4.74 Å². The van der Waals surface area contributed by atoms with Crippen molar-refractivity contribution < 1.29 is 17.9 Å². The second kappa shape index (κ2) is 3.22. The highest BCUT2D eigenvalue weighted by molar-refractivity contribution is 4.78. The van der Waals surface area contributed by atoms with Crippen molar-refractivity contribution in [3.8, 4) is 0 Å². The third kappa shape index (κ3) is 1.90. The number of nitrogens with zero attached hydrogens (tertiary/aromatic N) is 1. The van der Waals surface area contributed by atoms with Crippen LogP contribution >= 0.6 is 0 Å². The van der Waals surface area contributed by atoms with Crippen molar-refractivity contribution in [1.29, 1.82) is 0 Å². The highest BCUT2D eigenvalue weighted by Gasteiger charge is 2.48. The third-order valence-corrected chi connectivity index (χ3v) is 1.87. The maximum atomic E-state index is 12.2. The van der Waals surface area contributed by atoms with Gasteiger partial charge in [-0.1, -0.05) is 0 Å². The Morgan fingerprint density at radius 3 is 2.33 bits per heavy atom. The van der Waals surface area contributed by atoms with E-state index in [-0.39, 0.29) is 12.6 Å². The normalized spacial score (nSPS) is 27.0. The molecule has 0 amide bonds. The molecule has 0 aromatic heterocycles. The van der Waals surface area contributed by atoms with Gasteiger partial charge >= 0.3 is 6.18 Å². The quantitative estimate of drug-likeness (QED) is 0.612. The minimum absolute atomic E-state index is 0.126. The van der Waals surface area contributed by atoms with Crippen LogP contribution < -0.4 is 0 Å². The SMILES string of the molecule is CC(C)N1CCO[C@H]1C(F)(F)F. The predicted octanol–water partition coefficient (Wildman–Crippen LogP) is 1.62. The maximum absolute atomic E-state index is 12.2. The van der Waals surface area contributed by atoms with E-state index in [0.29, 0.717) is 6.54 Å². The molecule has 0 N–H and O–H groups in total. The summed E-state index contributed by atoms with van der Waals surface area (Å²) in [7, 11) is 0. The van der Waals surface area contributed by atoms with Crippen LogP contribution in [-0.2, 0) is 4.74 Å². The molecule has 1 atom stereocenters. The topological polar surface area (TPSA) is 12.5 Å². The van der Waals surface area contributed by atoms with E-state index < -0.39 is 12.4 Å². The monoisotopic (exact) mass is 183 g/mol. The van der Waals surface area contributed by atoms with Crippen LogP contribution in [0.1, 0.15) is 13.8 Å². The zero-order valence-electron chi connectivity index (χ0n) is 7.06. The maximum Gasteiger partial charge on any atom is 0.428 e. The first-order chi connectivity index (χ1) is 5.43. The second-order valence-corrected chi connectivity index (χ2v) is 3.10. The predicted molar refractivity (Wildman–Crippen MR) is 37.6 cm³/mol. The van der Waals surface area contributed by atoms with E-state index in [1.54, 1.807) is 13.8 Å². The molecule has 0 aliphatic carbocycles. The molecule has 0 unspecified atom stereocenters. The van der Waals surface area contributed by atoms with Crippen molar-refractivity contribution in [2.45, 2.75) is 32.3 Å². The molecule has 1 fully saturated rings. The van der Waals surface area contributed by atoms with E-state index in [9.17, 15) is 13.2 Å². The Morgan fingerprint density at radius 2 is 2.00 bits per heavy atom. The highest BCUT2D eigenvalue weighted by Crippen LogP contribution is 2.29. The molecule has 2 nitrogen and oxygen atoms in total. The van der Waals surface area contributed by atoms with E-state index in [1.807, 2.05) is 0 Å². The Hall–Kier alpha value is -0.290. The molecule has 12 heavy (non-hydrogen) atoms. The Balaban J connectivity index is 2.64. The molecule has 0 aromatic carbocycles. The second-order valence-electron chi connectivity index (χ2n) is 3.10. The zero-order chi connectivity index (χ0) is 9.35. The summed E-state index contributed by atoms with van der Waals surface area (Å²) in [4.78, 5) is 1.31. The fourth-order valence-electron chi connectivity index (χ4n) is 1.29. The number of hydrogen-bond donors (Lipinski definition) is 0. The molecular formula is C7H12F3NO. The Kier molecular flexibility index (Phi) is 2.63. The first-order valence-corrected chi connectivity index (χ1v) is 3.87. The fraction of sp³-hybridized carbons (Fsp3) is 1.00. The lowest BCUT2D eigenvalue weighted by Crippen LogP contribution is -2.45. The summed E-state index contributed by atoms with van der Waals surface area (Å²) in [6.07, 6.45) is -5.96. The molecule has 0 aromatic rings. The summed E-state index contributed by atoms with van der Waals surface area (Å²) in [6, 6.07) is -0.126. The standard InChI is InChI=1S/C7H12F3NO/c1-5(2)11-3-4-12-6(11)7(8,9)10/h5-6H,3-4H2,1-2H3/t6-/m0/s1. The summed E-state index contributed by atoms with van der Waals surface area (Å²) in [5, 5.41) is 0. The molecule has 1 aliphatic heterocycles. The number of hydrogen-bond acceptors (Lipinski definition) is 2. The summed E-state index contributed by atoms with van der Waals surface area (Å²) in [5.74, 6) is 0. The lowest BCUT2D eigenvalue weighted by Gasteiger charge is -2.27. The van der Waals surface area contributed by atoms with Crippen LogP contribution in [0.2, 0.25) is 0 Å². The fourth-order valence-corrected chi connectivity index (χ4v) is 1.29. The van der Waals surface area contributed by atoms with Crippen molar-refractivity contribution in [2.24, 2.45) is 0 Å². The van der Waals surface area contributed by atoms with Gasteiger partial charge < -0.3 is 4.74 Å². The molecule has 72 valence electrons. The average Bonchev–Trinajstić information content (AvgIpc) is 2.30. The number of rotatable bonds is 1. The van der Waals surface area contributed by atoms with Gasteiger partial charge in [-0.2, -0.15) is 13.2 Å². The van der Waals surface area contributed by atoms with E-state index in [4.69, 9.17) is 0 Å². The van der Waals surface area contributed by atoms with Gasteiger partial charge in [0.25, 0.3) is 0 Å². The van der Waals surface area contributed by atoms with Crippen LogP contribution in [-0.4, -0.2) is 36.5 Å². The van der Waals surface area contributed by atoms with Gasteiger partial charge in [0.15, 0.2) is 0 Å². The molecule has 1 saturated heterocycles. The van der Waals surface area contributed by atoms with E-state index in [1.165, 1.54) is 4.90 Å². The van der Waals surface area contributed by atoms with Crippen LogP contribution in [0, 0.1) is 0 Å².